The van der Waals surface area contributed by atoms with E-state index in [2.05, 4.69) is 22.9 Å². The first-order valence-corrected chi connectivity index (χ1v) is 14.3. The van der Waals surface area contributed by atoms with Crippen molar-refractivity contribution in [1.82, 2.24) is 0 Å². The normalized spacial score (nSPS) is 21.8. The first-order chi connectivity index (χ1) is 16.0. The number of hydrogen-bond acceptors (Lipinski definition) is 8. The Morgan fingerprint density at radius 1 is 1.33 bits per heavy atom. The number of ether oxygens (including phenoxy) is 1. The average molecular weight is 509 g/mol. The molecule has 0 saturated heterocycles. The van der Waals surface area contributed by atoms with Crippen LogP contribution in [0.15, 0.2) is 42.5 Å². The molecule has 4 atom stereocenters. The minimum Gasteiger partial charge on any atom is -0.468 e. The van der Waals surface area contributed by atoms with E-state index in [0.717, 1.165) is 24.3 Å². The number of aliphatic hydroxyl groups is 2. The summed E-state index contributed by atoms with van der Waals surface area (Å²) in [5, 5.41) is 21.3. The number of methoxy groups -OCH3 is 1. The molecule has 8 heteroatoms. The number of esters is 1. The third-order valence-corrected chi connectivity index (χ3v) is 9.46. The fraction of sp³-hybridized carbons (Fsp3) is 0.520. The van der Waals surface area contributed by atoms with Gasteiger partial charge < -0.3 is 14.9 Å². The maximum absolute atomic E-state index is 12.5. The molecule has 1 aromatic carbocycles. The second-order valence-electron chi connectivity index (χ2n) is 8.21. The van der Waals surface area contributed by atoms with Gasteiger partial charge in [0.1, 0.15) is 5.78 Å². The third-order valence-electron chi connectivity index (χ3n) is 5.81. The van der Waals surface area contributed by atoms with E-state index in [-0.39, 0.29) is 35.4 Å². The molecule has 1 aliphatic rings. The van der Waals surface area contributed by atoms with Gasteiger partial charge in [-0.2, -0.15) is 11.8 Å². The summed E-state index contributed by atoms with van der Waals surface area (Å²) in [6, 6.07) is 10.5. The maximum atomic E-state index is 12.5. The Balaban J connectivity index is 1.47. The number of thiophene rings is 1. The van der Waals surface area contributed by atoms with Crippen LogP contribution >= 0.6 is 34.9 Å². The number of carbonyl (C=O) groups is 2. The predicted octanol–water partition coefficient (Wildman–Crippen LogP) is 4.35. The van der Waals surface area contributed by atoms with Crippen LogP contribution in [-0.4, -0.2) is 64.3 Å². The number of Topliss-reactive ketones (excluding diaryl/α,β-unsaturated/α-hetero) is 1. The van der Waals surface area contributed by atoms with Gasteiger partial charge in [0.05, 0.1) is 24.2 Å². The Morgan fingerprint density at radius 2 is 2.15 bits per heavy atom. The van der Waals surface area contributed by atoms with Crippen molar-refractivity contribution in [3.05, 3.63) is 47.4 Å². The molecule has 0 radical (unpaired) electrons. The largest absolute Gasteiger partial charge is 0.468 e. The number of hydrogen-bond donors (Lipinski definition) is 2. The van der Waals surface area contributed by atoms with Crippen LogP contribution in [0.25, 0.3) is 10.1 Å². The molecule has 5 nitrogen and oxygen atoms in total. The molecule has 1 aliphatic carbocycles. The van der Waals surface area contributed by atoms with Crippen molar-refractivity contribution in [2.75, 3.05) is 31.0 Å². The van der Waals surface area contributed by atoms with Gasteiger partial charge in [0.15, 0.2) is 0 Å². The Bertz CT molecular complexity index is 908. The Morgan fingerprint density at radius 3 is 2.91 bits per heavy atom. The molecule has 1 heterocycles. The molecule has 0 aliphatic heterocycles. The quantitative estimate of drug-likeness (QED) is 0.236. The molecule has 0 amide bonds. The van der Waals surface area contributed by atoms with Crippen LogP contribution in [0, 0.1) is 11.8 Å². The van der Waals surface area contributed by atoms with Gasteiger partial charge in [-0.1, -0.05) is 30.4 Å². The summed E-state index contributed by atoms with van der Waals surface area (Å²) in [6.07, 6.45) is 5.89. The van der Waals surface area contributed by atoms with Crippen LogP contribution in [0.3, 0.4) is 0 Å². The van der Waals surface area contributed by atoms with Crippen LogP contribution in [0.5, 0.6) is 0 Å². The zero-order chi connectivity index (χ0) is 23.6. The number of thioether (sulfide) groups is 2. The summed E-state index contributed by atoms with van der Waals surface area (Å²) in [7, 11) is 1.39. The molecule has 1 fully saturated rings. The molecule has 33 heavy (non-hydrogen) atoms. The average Bonchev–Trinajstić information content (AvgIpc) is 3.38. The number of aryl methyl sites for hydroxylation is 1. The molecular weight excluding hydrogens is 476 g/mol. The lowest BCUT2D eigenvalue weighted by Crippen LogP contribution is -2.21. The standard InChI is InChI=1S/C25H32O5S3/c1-30-24(29)16-31-11-4-12-32-25-21(18(15-26)14-22(25)28)10-8-19(27)7-9-20-13-17-5-2-3-6-23(17)33-20/h2-3,5-6,8,10,13,18-19,21,25-27H,4,7,9,11-12,14-16H2,1H3/t18-,19-,21-,25+/m0/s1. The van der Waals surface area contributed by atoms with Crippen molar-refractivity contribution in [2.24, 2.45) is 11.8 Å². The van der Waals surface area contributed by atoms with E-state index in [0.29, 0.717) is 18.6 Å². The highest BCUT2D eigenvalue weighted by Gasteiger charge is 2.40. The molecule has 2 N–H and O–H groups in total. The minimum atomic E-state index is -0.578. The van der Waals surface area contributed by atoms with Crippen LogP contribution in [0.4, 0.5) is 0 Å². The van der Waals surface area contributed by atoms with Crippen LogP contribution in [0.1, 0.15) is 24.1 Å². The summed E-state index contributed by atoms with van der Waals surface area (Å²) in [4.78, 5) is 25.0. The highest BCUT2D eigenvalue weighted by atomic mass is 32.2. The van der Waals surface area contributed by atoms with Gasteiger partial charge in [-0.25, -0.2) is 0 Å². The Hall–Kier alpha value is -1.32. The summed E-state index contributed by atoms with van der Waals surface area (Å²) in [5.41, 5.74) is 0. The number of benzene rings is 1. The number of ketones is 1. The monoisotopic (exact) mass is 508 g/mol. The second kappa shape index (κ2) is 13.5. The van der Waals surface area contributed by atoms with Gasteiger partial charge in [-0.05, 0) is 54.2 Å². The zero-order valence-corrected chi connectivity index (χ0v) is 21.3. The van der Waals surface area contributed by atoms with Gasteiger partial charge in [0, 0.05) is 28.5 Å². The molecule has 0 unspecified atom stereocenters. The molecule has 0 spiro atoms. The van der Waals surface area contributed by atoms with Crippen molar-refractivity contribution in [1.29, 1.82) is 0 Å². The fourth-order valence-corrected chi connectivity index (χ4v) is 7.43. The van der Waals surface area contributed by atoms with Crippen molar-refractivity contribution in [3.8, 4) is 0 Å². The predicted molar refractivity (Wildman–Crippen MR) is 139 cm³/mol. The van der Waals surface area contributed by atoms with Gasteiger partial charge in [-0.15, -0.1) is 23.1 Å². The summed E-state index contributed by atoms with van der Waals surface area (Å²) in [5.74, 6) is 1.81. The molecule has 0 bridgehead atoms. The van der Waals surface area contributed by atoms with Crippen molar-refractivity contribution in [2.45, 2.75) is 37.0 Å². The Labute approximate surface area is 208 Å². The maximum Gasteiger partial charge on any atom is 0.315 e. The molecule has 1 aromatic heterocycles. The lowest BCUT2D eigenvalue weighted by atomic mass is 9.95. The first kappa shape index (κ1) is 26.3. The van der Waals surface area contributed by atoms with E-state index >= 15 is 0 Å². The summed E-state index contributed by atoms with van der Waals surface area (Å²) >= 11 is 4.92. The van der Waals surface area contributed by atoms with E-state index in [1.807, 2.05) is 18.2 Å². The first-order valence-electron chi connectivity index (χ1n) is 11.3. The van der Waals surface area contributed by atoms with Crippen molar-refractivity contribution >= 4 is 56.7 Å². The molecule has 180 valence electrons. The number of allylic oxidation sites excluding steroid dienone is 1. The SMILES string of the molecule is COC(=O)CSCCCS[C@H]1C(=O)C[C@@H](CO)[C@@H]1C=C[C@@H](O)CCc1cc2ccccc2s1. The van der Waals surface area contributed by atoms with E-state index in [1.165, 1.54) is 33.8 Å². The number of rotatable bonds is 13. The van der Waals surface area contributed by atoms with Gasteiger partial charge in [0.2, 0.25) is 0 Å². The van der Waals surface area contributed by atoms with Crippen molar-refractivity contribution in [3.63, 3.8) is 0 Å². The van der Waals surface area contributed by atoms with Crippen LogP contribution < -0.4 is 0 Å². The summed E-state index contributed by atoms with van der Waals surface area (Å²) < 4.78 is 5.89. The van der Waals surface area contributed by atoms with Gasteiger partial charge in [0.25, 0.3) is 0 Å². The third kappa shape index (κ3) is 7.86. The van der Waals surface area contributed by atoms with E-state index < -0.39 is 6.10 Å². The smallest absolute Gasteiger partial charge is 0.315 e. The lowest BCUT2D eigenvalue weighted by molar-refractivity contribution is -0.137. The topological polar surface area (TPSA) is 83.8 Å². The molecular formula is C25H32O5S3. The highest BCUT2D eigenvalue weighted by Crippen LogP contribution is 2.38. The van der Waals surface area contributed by atoms with Gasteiger partial charge in [-0.3, -0.25) is 9.59 Å². The highest BCUT2D eigenvalue weighted by molar-refractivity contribution is 8.01. The molecule has 3 rings (SSSR count). The summed E-state index contributed by atoms with van der Waals surface area (Å²) in [6.45, 7) is -0.0231. The van der Waals surface area contributed by atoms with E-state index in [1.54, 1.807) is 29.2 Å². The van der Waals surface area contributed by atoms with Gasteiger partial charge >= 0.3 is 5.97 Å². The zero-order valence-electron chi connectivity index (χ0n) is 18.9. The number of fused-ring (bicyclic) bond motifs is 1. The Kier molecular flexibility index (Phi) is 10.8. The minimum absolute atomic E-state index is 0.0231. The van der Waals surface area contributed by atoms with Crippen LogP contribution in [-0.2, 0) is 20.7 Å². The van der Waals surface area contributed by atoms with Crippen molar-refractivity contribution < 1.29 is 24.5 Å². The fourth-order valence-electron chi connectivity index (χ4n) is 4.01. The lowest BCUT2D eigenvalue weighted by Gasteiger charge is -2.19. The molecule has 1 saturated carbocycles. The number of aliphatic hydroxyl groups excluding tert-OH is 2. The van der Waals surface area contributed by atoms with E-state index in [4.69, 9.17) is 0 Å². The molecule has 2 aromatic rings. The van der Waals surface area contributed by atoms with Crippen LogP contribution in [0.2, 0.25) is 0 Å². The second-order valence-corrected chi connectivity index (χ2v) is 11.7. The van der Waals surface area contributed by atoms with E-state index in [9.17, 15) is 19.8 Å². The number of carbonyl (C=O) groups excluding carboxylic acids is 2.